The summed E-state index contributed by atoms with van der Waals surface area (Å²) in [5.41, 5.74) is 2.15. The minimum Gasteiger partial charge on any atom is -0.490 e. The largest absolute Gasteiger partial charge is 0.490 e. The quantitative estimate of drug-likeness (QED) is 0.392. The zero-order chi connectivity index (χ0) is 19.8. The molecule has 0 unspecified atom stereocenters. The van der Waals surface area contributed by atoms with Crippen molar-refractivity contribution in [3.8, 4) is 11.5 Å². The van der Waals surface area contributed by atoms with Gasteiger partial charge in [0.2, 0.25) is 5.16 Å². The number of benzene rings is 2. The summed E-state index contributed by atoms with van der Waals surface area (Å²) in [6.45, 7) is 6.96. The Morgan fingerprint density at radius 1 is 1.00 bits per heavy atom. The van der Waals surface area contributed by atoms with Gasteiger partial charge in [-0.1, -0.05) is 42.1 Å². The van der Waals surface area contributed by atoms with Gasteiger partial charge in [-0.2, -0.15) is 9.78 Å². The number of thioether (sulfide) groups is 1. The molecule has 3 rings (SSSR count). The Morgan fingerprint density at radius 3 is 2.50 bits per heavy atom. The van der Waals surface area contributed by atoms with E-state index in [9.17, 15) is 0 Å². The molecule has 0 aliphatic heterocycles. The first kappa shape index (κ1) is 19.9. The predicted octanol–water partition coefficient (Wildman–Crippen LogP) is 4.56. The lowest BCUT2D eigenvalue weighted by atomic mass is 10.2. The lowest BCUT2D eigenvalue weighted by Gasteiger charge is -2.11. The first-order valence-electron chi connectivity index (χ1n) is 9.24. The Labute approximate surface area is 169 Å². The van der Waals surface area contributed by atoms with E-state index in [0.29, 0.717) is 19.0 Å². The number of hydrogen-bond donors (Lipinski definition) is 0. The van der Waals surface area contributed by atoms with Crippen LogP contribution < -0.4 is 9.47 Å². The van der Waals surface area contributed by atoms with Crippen molar-refractivity contribution in [1.29, 1.82) is 0 Å². The summed E-state index contributed by atoms with van der Waals surface area (Å²) in [5, 5.41) is 13.7. The molecule has 28 heavy (non-hydrogen) atoms. The normalized spacial score (nSPS) is 11.1. The smallest absolute Gasteiger partial charge is 0.212 e. The van der Waals surface area contributed by atoms with Gasteiger partial charge in [0.25, 0.3) is 0 Å². The van der Waals surface area contributed by atoms with Crippen LogP contribution in [-0.2, 0) is 5.75 Å². The molecule has 6 nitrogen and oxygen atoms in total. The van der Waals surface area contributed by atoms with Crippen molar-refractivity contribution in [2.24, 2.45) is 5.10 Å². The van der Waals surface area contributed by atoms with Gasteiger partial charge in [-0.3, -0.25) is 0 Å². The monoisotopic (exact) mass is 396 g/mol. The molecule has 0 N–H and O–H groups in total. The van der Waals surface area contributed by atoms with Crippen LogP contribution in [0.25, 0.3) is 0 Å². The van der Waals surface area contributed by atoms with E-state index >= 15 is 0 Å². The third kappa shape index (κ3) is 5.13. The maximum Gasteiger partial charge on any atom is 0.212 e. The zero-order valence-corrected chi connectivity index (χ0v) is 17.1. The zero-order valence-electron chi connectivity index (χ0n) is 16.3. The van der Waals surface area contributed by atoms with Crippen LogP contribution in [0.15, 0.2) is 58.8 Å². The molecular weight excluding hydrogens is 372 g/mol. The lowest BCUT2D eigenvalue weighted by molar-refractivity contribution is 0.288. The highest BCUT2D eigenvalue weighted by atomic mass is 32.2. The average Bonchev–Trinajstić information content (AvgIpc) is 3.07. The van der Waals surface area contributed by atoms with E-state index in [-0.39, 0.29) is 0 Å². The van der Waals surface area contributed by atoms with E-state index < -0.39 is 0 Å². The van der Waals surface area contributed by atoms with Crippen LogP contribution in [0.5, 0.6) is 11.5 Å². The second kappa shape index (κ2) is 9.94. The maximum atomic E-state index is 5.68. The standard InChI is InChI=1S/C21H24N4O2S/c1-4-26-19-12-11-18(13-20(19)27-5-2)14-22-25-16(3)23-24-21(25)28-15-17-9-7-6-8-10-17/h6-14H,4-5,15H2,1-3H3/b22-14+. The fourth-order valence-corrected chi connectivity index (χ4v) is 3.44. The van der Waals surface area contributed by atoms with Gasteiger partial charge in [-0.25, -0.2) is 0 Å². The molecule has 0 bridgehead atoms. The summed E-state index contributed by atoms with van der Waals surface area (Å²) in [6.07, 6.45) is 1.78. The second-order valence-corrected chi connectivity index (χ2v) is 6.88. The first-order valence-corrected chi connectivity index (χ1v) is 10.2. The van der Waals surface area contributed by atoms with E-state index in [1.54, 1.807) is 22.7 Å². The molecule has 0 atom stereocenters. The molecule has 1 heterocycles. The van der Waals surface area contributed by atoms with Crippen molar-refractivity contribution in [2.75, 3.05) is 13.2 Å². The molecule has 3 aromatic rings. The van der Waals surface area contributed by atoms with Gasteiger partial charge in [-0.15, -0.1) is 10.2 Å². The molecule has 0 aliphatic rings. The third-order valence-corrected chi connectivity index (χ3v) is 4.86. The fraction of sp³-hybridized carbons (Fsp3) is 0.286. The molecule has 0 saturated heterocycles. The van der Waals surface area contributed by atoms with Gasteiger partial charge in [0, 0.05) is 5.75 Å². The van der Waals surface area contributed by atoms with Crippen molar-refractivity contribution < 1.29 is 9.47 Å². The van der Waals surface area contributed by atoms with E-state index in [1.807, 2.05) is 57.2 Å². The molecule has 1 aromatic heterocycles. The van der Waals surface area contributed by atoms with Crippen molar-refractivity contribution in [1.82, 2.24) is 14.9 Å². The van der Waals surface area contributed by atoms with E-state index in [4.69, 9.17) is 9.47 Å². The number of aromatic nitrogens is 3. The molecule has 0 saturated carbocycles. The minimum absolute atomic E-state index is 0.575. The van der Waals surface area contributed by atoms with Crippen molar-refractivity contribution >= 4 is 18.0 Å². The van der Waals surface area contributed by atoms with Crippen molar-refractivity contribution in [3.63, 3.8) is 0 Å². The van der Waals surface area contributed by atoms with Gasteiger partial charge in [0.15, 0.2) is 17.3 Å². The summed E-state index contributed by atoms with van der Waals surface area (Å²) in [5.74, 6) is 3.00. The molecule has 0 amide bonds. The molecule has 0 radical (unpaired) electrons. The topological polar surface area (TPSA) is 61.5 Å². The van der Waals surface area contributed by atoms with Crippen LogP contribution >= 0.6 is 11.8 Å². The Balaban J connectivity index is 1.77. The predicted molar refractivity (Wildman–Crippen MR) is 113 cm³/mol. The number of hydrogen-bond acceptors (Lipinski definition) is 6. The van der Waals surface area contributed by atoms with Gasteiger partial charge in [0.05, 0.1) is 19.4 Å². The van der Waals surface area contributed by atoms with Gasteiger partial charge in [-0.05, 0) is 50.1 Å². The van der Waals surface area contributed by atoms with Crippen LogP contribution in [0.2, 0.25) is 0 Å². The molecule has 146 valence electrons. The fourth-order valence-electron chi connectivity index (χ4n) is 2.56. The molecule has 0 aliphatic carbocycles. The van der Waals surface area contributed by atoms with Crippen LogP contribution in [0.4, 0.5) is 0 Å². The van der Waals surface area contributed by atoms with Crippen LogP contribution in [0, 0.1) is 6.92 Å². The van der Waals surface area contributed by atoms with Crippen molar-refractivity contribution in [3.05, 3.63) is 65.5 Å². The van der Waals surface area contributed by atoms with E-state index in [0.717, 1.165) is 28.0 Å². The lowest BCUT2D eigenvalue weighted by Crippen LogP contribution is -2.00. The maximum absolute atomic E-state index is 5.68. The van der Waals surface area contributed by atoms with Crippen molar-refractivity contribution in [2.45, 2.75) is 31.7 Å². The highest BCUT2D eigenvalue weighted by Crippen LogP contribution is 2.28. The summed E-state index contributed by atoms with van der Waals surface area (Å²) >= 11 is 1.61. The number of nitrogens with zero attached hydrogens (tertiary/aromatic N) is 4. The third-order valence-electron chi connectivity index (χ3n) is 3.87. The molecule has 0 fully saturated rings. The Kier molecular flexibility index (Phi) is 7.08. The average molecular weight is 397 g/mol. The Bertz CT molecular complexity index is 925. The van der Waals surface area contributed by atoms with Crippen LogP contribution in [0.1, 0.15) is 30.8 Å². The molecular formula is C21H24N4O2S. The van der Waals surface area contributed by atoms with E-state index in [2.05, 4.69) is 27.4 Å². The van der Waals surface area contributed by atoms with Gasteiger partial charge >= 0.3 is 0 Å². The van der Waals surface area contributed by atoms with Gasteiger partial charge < -0.3 is 9.47 Å². The summed E-state index contributed by atoms with van der Waals surface area (Å²) in [4.78, 5) is 0. The van der Waals surface area contributed by atoms with Crippen LogP contribution in [-0.4, -0.2) is 34.3 Å². The highest BCUT2D eigenvalue weighted by molar-refractivity contribution is 7.98. The second-order valence-electron chi connectivity index (χ2n) is 5.93. The Hall–Kier alpha value is -2.80. The number of rotatable bonds is 9. The summed E-state index contributed by atoms with van der Waals surface area (Å²) < 4.78 is 13.0. The van der Waals surface area contributed by atoms with E-state index in [1.165, 1.54) is 5.56 Å². The Morgan fingerprint density at radius 2 is 1.75 bits per heavy atom. The highest BCUT2D eigenvalue weighted by Gasteiger charge is 2.09. The summed E-state index contributed by atoms with van der Waals surface area (Å²) in [7, 11) is 0. The van der Waals surface area contributed by atoms with Crippen LogP contribution in [0.3, 0.4) is 0 Å². The molecule has 7 heteroatoms. The molecule has 2 aromatic carbocycles. The summed E-state index contributed by atoms with van der Waals surface area (Å²) in [6, 6.07) is 16.1. The minimum atomic E-state index is 0.575. The number of aryl methyl sites for hydroxylation is 1. The molecule has 0 spiro atoms. The SMILES string of the molecule is CCOc1ccc(/C=N/n2c(C)nnc2SCc2ccccc2)cc1OCC. The van der Waals surface area contributed by atoms with Gasteiger partial charge in [0.1, 0.15) is 0 Å². The number of ether oxygens (including phenoxy) is 2. The first-order chi connectivity index (χ1) is 13.7.